The van der Waals surface area contributed by atoms with Gasteiger partial charge in [0.1, 0.15) is 11.6 Å². The molecule has 160 valence electrons. The van der Waals surface area contributed by atoms with Gasteiger partial charge in [-0.05, 0) is 85.3 Å². The molecule has 0 saturated carbocycles. The van der Waals surface area contributed by atoms with Gasteiger partial charge in [0.2, 0.25) is 0 Å². The lowest BCUT2D eigenvalue weighted by atomic mass is 9.89. The average molecular weight is 414 g/mol. The van der Waals surface area contributed by atoms with Crippen LogP contribution in [0.5, 0.6) is 0 Å². The van der Waals surface area contributed by atoms with Crippen molar-refractivity contribution in [3.63, 3.8) is 0 Å². The maximum atomic E-state index is 13.1. The summed E-state index contributed by atoms with van der Waals surface area (Å²) < 4.78 is 37.7. The van der Waals surface area contributed by atoms with E-state index in [1.807, 2.05) is 12.1 Å². The summed E-state index contributed by atoms with van der Waals surface area (Å²) in [6, 6.07) is 10.9. The van der Waals surface area contributed by atoms with E-state index in [0.29, 0.717) is 25.3 Å². The fourth-order valence-electron chi connectivity index (χ4n) is 4.71. The van der Waals surface area contributed by atoms with E-state index >= 15 is 0 Å². The standard InChI is InChI=1S/2C12H14FNO/c2*13-9-1-2-10-8(7-9)4-6-15-12(10)11-3-5-14-11/h2*1-2,7,11-12,14H,3-6H2/t11-,12+;11-,12-/m11/s1. The number of benzene rings is 2. The Hall–Kier alpha value is -1.86. The van der Waals surface area contributed by atoms with E-state index in [2.05, 4.69) is 10.6 Å². The molecule has 2 aromatic carbocycles. The second kappa shape index (κ2) is 8.71. The summed E-state index contributed by atoms with van der Waals surface area (Å²) in [5.74, 6) is -0.285. The van der Waals surface area contributed by atoms with E-state index in [0.717, 1.165) is 49.9 Å². The Morgan fingerprint density at radius 1 is 0.700 bits per heavy atom. The molecule has 2 N–H and O–H groups in total. The first-order valence-corrected chi connectivity index (χ1v) is 11.0. The van der Waals surface area contributed by atoms with Gasteiger partial charge in [-0.2, -0.15) is 0 Å². The predicted octanol–water partition coefficient (Wildman–Crippen LogP) is 3.60. The van der Waals surface area contributed by atoms with Crippen LogP contribution in [0.2, 0.25) is 0 Å². The highest BCUT2D eigenvalue weighted by Gasteiger charge is 2.33. The molecule has 0 spiro atoms. The maximum absolute atomic E-state index is 13.1. The van der Waals surface area contributed by atoms with Crippen LogP contribution in [-0.4, -0.2) is 38.4 Å². The van der Waals surface area contributed by atoms with E-state index < -0.39 is 0 Å². The Balaban J connectivity index is 0.000000128. The maximum Gasteiger partial charge on any atom is 0.123 e. The number of hydrogen-bond acceptors (Lipinski definition) is 4. The van der Waals surface area contributed by atoms with Gasteiger partial charge in [0.25, 0.3) is 0 Å². The second-order valence-corrected chi connectivity index (χ2v) is 8.47. The van der Waals surface area contributed by atoms with E-state index in [1.165, 1.54) is 23.3 Å². The molecule has 0 unspecified atom stereocenters. The highest BCUT2D eigenvalue weighted by molar-refractivity contribution is 5.34. The monoisotopic (exact) mass is 414 g/mol. The number of ether oxygens (including phenoxy) is 2. The summed E-state index contributed by atoms with van der Waals surface area (Å²) in [5, 5.41) is 6.70. The number of rotatable bonds is 2. The van der Waals surface area contributed by atoms with Crippen molar-refractivity contribution >= 4 is 0 Å². The third kappa shape index (κ3) is 4.02. The minimum absolute atomic E-state index is 0.128. The largest absolute Gasteiger partial charge is 0.372 e. The normalized spacial score (nSPS) is 29.4. The van der Waals surface area contributed by atoms with Crippen molar-refractivity contribution in [2.75, 3.05) is 26.3 Å². The Kier molecular flexibility index (Phi) is 5.83. The predicted molar refractivity (Wildman–Crippen MR) is 110 cm³/mol. The Bertz CT molecular complexity index is 825. The third-order valence-corrected chi connectivity index (χ3v) is 6.62. The van der Waals surface area contributed by atoms with Gasteiger partial charge in [-0.25, -0.2) is 8.78 Å². The highest BCUT2D eigenvalue weighted by atomic mass is 19.1. The van der Waals surface area contributed by atoms with E-state index in [9.17, 15) is 8.78 Å². The molecule has 4 aliphatic heterocycles. The first-order valence-electron chi connectivity index (χ1n) is 11.0. The van der Waals surface area contributed by atoms with E-state index in [-0.39, 0.29) is 23.8 Å². The zero-order valence-corrected chi connectivity index (χ0v) is 17.0. The summed E-state index contributed by atoms with van der Waals surface area (Å²) in [6.45, 7) is 3.56. The van der Waals surface area contributed by atoms with Crippen LogP contribution in [0.3, 0.4) is 0 Å². The molecule has 0 aliphatic carbocycles. The molecule has 4 atom stereocenters. The van der Waals surface area contributed by atoms with Crippen LogP contribution in [0.15, 0.2) is 36.4 Å². The average Bonchev–Trinajstić information content (AvgIpc) is 2.66. The molecule has 0 bridgehead atoms. The second-order valence-electron chi connectivity index (χ2n) is 8.47. The summed E-state index contributed by atoms with van der Waals surface area (Å²) in [6.07, 6.45) is 4.22. The van der Waals surface area contributed by atoms with Crippen molar-refractivity contribution in [2.24, 2.45) is 0 Å². The summed E-state index contributed by atoms with van der Waals surface area (Å²) >= 11 is 0. The van der Waals surface area contributed by atoms with Crippen molar-refractivity contribution in [1.29, 1.82) is 0 Å². The highest BCUT2D eigenvalue weighted by Crippen LogP contribution is 2.34. The van der Waals surface area contributed by atoms with Crippen LogP contribution in [0, 0.1) is 11.6 Å². The Morgan fingerprint density at radius 2 is 1.13 bits per heavy atom. The zero-order valence-electron chi connectivity index (χ0n) is 17.0. The lowest BCUT2D eigenvalue weighted by Gasteiger charge is -2.38. The summed E-state index contributed by atoms with van der Waals surface area (Å²) in [7, 11) is 0. The van der Waals surface area contributed by atoms with Gasteiger partial charge in [0.05, 0.1) is 25.4 Å². The summed E-state index contributed by atoms with van der Waals surface area (Å²) in [5.41, 5.74) is 4.56. The number of halogens is 2. The van der Waals surface area contributed by atoms with Crippen LogP contribution in [0.1, 0.15) is 47.3 Å². The summed E-state index contributed by atoms with van der Waals surface area (Å²) in [4.78, 5) is 0. The number of hydrogen-bond donors (Lipinski definition) is 2. The van der Waals surface area contributed by atoms with E-state index in [1.54, 1.807) is 12.1 Å². The first kappa shape index (κ1) is 20.1. The minimum Gasteiger partial charge on any atom is -0.372 e. The molecule has 4 aliphatic rings. The first-order chi connectivity index (χ1) is 14.7. The topological polar surface area (TPSA) is 42.5 Å². The molecule has 4 nitrogen and oxygen atoms in total. The third-order valence-electron chi connectivity index (χ3n) is 6.62. The number of fused-ring (bicyclic) bond motifs is 2. The lowest BCUT2D eigenvalue weighted by Crippen LogP contribution is -2.48. The SMILES string of the molecule is Fc1ccc2c(c1)CCO[C@@H]2[C@H]1CCN1.Fc1ccc2c(c1)CCO[C@H]2[C@H]1CCN1. The van der Waals surface area contributed by atoms with Crippen LogP contribution in [0.4, 0.5) is 8.78 Å². The fraction of sp³-hybridized carbons (Fsp3) is 0.500. The van der Waals surface area contributed by atoms with Crippen molar-refractivity contribution in [1.82, 2.24) is 10.6 Å². The van der Waals surface area contributed by atoms with Gasteiger partial charge in [-0.1, -0.05) is 12.1 Å². The van der Waals surface area contributed by atoms with Crippen LogP contribution in [0.25, 0.3) is 0 Å². The van der Waals surface area contributed by atoms with E-state index in [4.69, 9.17) is 9.47 Å². The molecule has 2 fully saturated rings. The molecule has 4 heterocycles. The van der Waals surface area contributed by atoms with Crippen LogP contribution < -0.4 is 10.6 Å². The quantitative estimate of drug-likeness (QED) is 0.788. The van der Waals surface area contributed by atoms with Crippen molar-refractivity contribution in [3.8, 4) is 0 Å². The van der Waals surface area contributed by atoms with Gasteiger partial charge in [-0.15, -0.1) is 0 Å². The minimum atomic E-state index is -0.143. The van der Waals surface area contributed by atoms with Gasteiger partial charge < -0.3 is 20.1 Å². The molecule has 0 amide bonds. The molecular weight excluding hydrogens is 386 g/mol. The smallest absolute Gasteiger partial charge is 0.123 e. The molecular formula is C24H28F2N2O2. The molecule has 2 saturated heterocycles. The van der Waals surface area contributed by atoms with Crippen molar-refractivity contribution in [3.05, 3.63) is 70.3 Å². The fourth-order valence-corrected chi connectivity index (χ4v) is 4.71. The Labute approximate surface area is 176 Å². The molecule has 6 rings (SSSR count). The number of nitrogens with one attached hydrogen (secondary N) is 2. The Morgan fingerprint density at radius 3 is 1.50 bits per heavy atom. The molecule has 30 heavy (non-hydrogen) atoms. The van der Waals surface area contributed by atoms with Crippen LogP contribution >= 0.6 is 0 Å². The molecule has 2 aromatic rings. The molecule has 0 radical (unpaired) electrons. The molecule has 6 heteroatoms. The molecule has 0 aromatic heterocycles. The zero-order chi connectivity index (χ0) is 20.5. The van der Waals surface area contributed by atoms with Gasteiger partial charge >= 0.3 is 0 Å². The van der Waals surface area contributed by atoms with Crippen molar-refractivity contribution in [2.45, 2.75) is 50.0 Å². The van der Waals surface area contributed by atoms with Crippen molar-refractivity contribution < 1.29 is 18.3 Å². The van der Waals surface area contributed by atoms with Gasteiger partial charge in [0, 0.05) is 12.1 Å². The van der Waals surface area contributed by atoms with Gasteiger partial charge in [-0.3, -0.25) is 0 Å². The van der Waals surface area contributed by atoms with Gasteiger partial charge in [0.15, 0.2) is 0 Å². The lowest BCUT2D eigenvalue weighted by molar-refractivity contribution is -0.00164. The van der Waals surface area contributed by atoms with Crippen LogP contribution in [-0.2, 0) is 22.3 Å².